The Kier molecular flexibility index (Phi) is 7.43. The summed E-state index contributed by atoms with van der Waals surface area (Å²) in [5, 5.41) is 9.88. The molecule has 0 aliphatic heterocycles. The number of rotatable bonds is 9. The Morgan fingerprint density at radius 3 is 2.39 bits per heavy atom. The SMILES string of the molecule is C=C=c1ccc(C(=O)OCCCC)c2c1=C(C(=O)OCCCCC#N)c1ccccc1-2. The van der Waals surface area contributed by atoms with Crippen molar-refractivity contribution in [1.82, 2.24) is 0 Å². The van der Waals surface area contributed by atoms with Crippen LogP contribution in [0.15, 0.2) is 43.0 Å². The molecule has 0 saturated heterocycles. The lowest BCUT2D eigenvalue weighted by atomic mass is 9.99. The molecule has 0 spiro atoms. The molecule has 2 aromatic rings. The molecule has 1 aliphatic rings. The zero-order valence-corrected chi connectivity index (χ0v) is 17.7. The fraction of sp³-hybridized carbons (Fsp3) is 0.308. The van der Waals surface area contributed by atoms with Crippen molar-refractivity contribution in [3.8, 4) is 17.2 Å². The molecule has 0 amide bonds. The summed E-state index contributed by atoms with van der Waals surface area (Å²) in [7, 11) is 0. The molecule has 0 bridgehead atoms. The summed E-state index contributed by atoms with van der Waals surface area (Å²) in [4.78, 5) is 25.9. The van der Waals surface area contributed by atoms with Crippen LogP contribution in [0.25, 0.3) is 22.4 Å². The number of nitrogens with zero attached hydrogens (tertiary/aromatic N) is 1. The van der Waals surface area contributed by atoms with E-state index in [1.807, 2.05) is 31.2 Å². The number of carbonyl (C=O) groups is 2. The first-order chi connectivity index (χ1) is 15.1. The van der Waals surface area contributed by atoms with Crippen LogP contribution in [0.5, 0.6) is 0 Å². The summed E-state index contributed by atoms with van der Waals surface area (Å²) in [5.74, 6) is -0.877. The highest BCUT2D eigenvalue weighted by Crippen LogP contribution is 2.34. The summed E-state index contributed by atoms with van der Waals surface area (Å²) in [5.41, 5.74) is 5.85. The molecule has 0 atom stereocenters. The van der Waals surface area contributed by atoms with Crippen molar-refractivity contribution in [3.05, 3.63) is 64.5 Å². The average Bonchev–Trinajstić information content (AvgIpc) is 3.14. The summed E-state index contributed by atoms with van der Waals surface area (Å²) < 4.78 is 11.0. The van der Waals surface area contributed by atoms with Crippen molar-refractivity contribution < 1.29 is 19.1 Å². The normalized spacial score (nSPS) is 11.2. The van der Waals surface area contributed by atoms with E-state index in [9.17, 15) is 9.59 Å². The van der Waals surface area contributed by atoms with Crippen LogP contribution in [0.2, 0.25) is 0 Å². The van der Waals surface area contributed by atoms with Crippen molar-refractivity contribution in [2.45, 2.75) is 39.0 Å². The maximum absolute atomic E-state index is 13.1. The van der Waals surface area contributed by atoms with Crippen LogP contribution >= 0.6 is 0 Å². The molecule has 0 saturated carbocycles. The van der Waals surface area contributed by atoms with Crippen LogP contribution in [0.1, 0.15) is 54.9 Å². The van der Waals surface area contributed by atoms with E-state index >= 15 is 0 Å². The number of esters is 2. The van der Waals surface area contributed by atoms with E-state index in [-0.39, 0.29) is 6.61 Å². The molecule has 158 valence electrons. The van der Waals surface area contributed by atoms with Crippen molar-refractivity contribution in [2.75, 3.05) is 13.2 Å². The van der Waals surface area contributed by atoms with Crippen LogP contribution in [-0.4, -0.2) is 25.2 Å². The van der Waals surface area contributed by atoms with Gasteiger partial charge >= 0.3 is 11.9 Å². The van der Waals surface area contributed by atoms with Gasteiger partial charge in [-0.3, -0.25) is 0 Å². The summed E-state index contributed by atoms with van der Waals surface area (Å²) in [6.45, 7) is 6.37. The average molecular weight is 415 g/mol. The first kappa shape index (κ1) is 22.1. The van der Waals surface area contributed by atoms with Gasteiger partial charge in [0.05, 0.1) is 30.4 Å². The van der Waals surface area contributed by atoms with E-state index in [2.05, 4.69) is 18.4 Å². The smallest absolute Gasteiger partial charge is 0.339 e. The highest BCUT2D eigenvalue weighted by atomic mass is 16.5. The Balaban J connectivity index is 2.10. The lowest BCUT2D eigenvalue weighted by Crippen LogP contribution is -2.31. The Morgan fingerprint density at radius 2 is 1.68 bits per heavy atom. The minimum atomic E-state index is -0.462. The fourth-order valence-corrected chi connectivity index (χ4v) is 3.66. The Morgan fingerprint density at radius 1 is 0.968 bits per heavy atom. The van der Waals surface area contributed by atoms with Gasteiger partial charge in [-0.05, 0) is 42.5 Å². The van der Waals surface area contributed by atoms with Crippen molar-refractivity contribution in [2.24, 2.45) is 0 Å². The quantitative estimate of drug-likeness (QED) is 0.462. The molecule has 31 heavy (non-hydrogen) atoms. The molecule has 0 aromatic heterocycles. The molecule has 5 heteroatoms. The second kappa shape index (κ2) is 10.4. The van der Waals surface area contributed by atoms with Crippen LogP contribution < -0.4 is 10.4 Å². The second-order valence-corrected chi connectivity index (χ2v) is 7.25. The predicted molar refractivity (Wildman–Crippen MR) is 118 cm³/mol. The number of unbranched alkanes of at least 4 members (excludes halogenated alkanes) is 3. The van der Waals surface area contributed by atoms with Gasteiger partial charge in [0.2, 0.25) is 0 Å². The number of carbonyl (C=O) groups excluding carboxylic acids is 2. The molecule has 0 radical (unpaired) electrons. The van der Waals surface area contributed by atoms with Gasteiger partial charge in [-0.2, -0.15) is 5.26 Å². The fourth-order valence-electron chi connectivity index (χ4n) is 3.66. The number of nitriles is 1. The second-order valence-electron chi connectivity index (χ2n) is 7.25. The summed E-state index contributed by atoms with van der Waals surface area (Å²) >= 11 is 0. The minimum absolute atomic E-state index is 0.230. The highest BCUT2D eigenvalue weighted by Gasteiger charge is 2.30. The van der Waals surface area contributed by atoms with Gasteiger partial charge < -0.3 is 9.47 Å². The minimum Gasteiger partial charge on any atom is -0.462 e. The first-order valence-electron chi connectivity index (χ1n) is 10.5. The van der Waals surface area contributed by atoms with Gasteiger partial charge in [-0.15, -0.1) is 5.73 Å². The third kappa shape index (κ3) is 4.60. The molecule has 1 aliphatic carbocycles. The maximum Gasteiger partial charge on any atom is 0.339 e. The molecular weight excluding hydrogens is 390 g/mol. The van der Waals surface area contributed by atoms with E-state index in [1.54, 1.807) is 12.1 Å². The standard InChI is InChI=1S/C26H25NO4/c1-3-5-16-30-25(28)21-14-13-18(4-2)22-23(21)19-11-7-8-12-20(19)24(22)26(29)31-17-10-6-9-15-27/h7-8,11-14H,2-3,5-6,9-10,16-17H2,1H3. The van der Waals surface area contributed by atoms with Gasteiger partial charge in [0.25, 0.3) is 0 Å². The molecule has 0 fully saturated rings. The monoisotopic (exact) mass is 415 g/mol. The number of hydrogen-bond acceptors (Lipinski definition) is 5. The van der Waals surface area contributed by atoms with Crippen LogP contribution in [0.4, 0.5) is 0 Å². The first-order valence-corrected chi connectivity index (χ1v) is 10.5. The van der Waals surface area contributed by atoms with Crippen molar-refractivity contribution in [3.63, 3.8) is 0 Å². The van der Waals surface area contributed by atoms with Crippen molar-refractivity contribution in [1.29, 1.82) is 5.26 Å². The Hall–Kier alpha value is -3.61. The van der Waals surface area contributed by atoms with Gasteiger partial charge in [0.15, 0.2) is 0 Å². The number of ether oxygens (including phenoxy) is 2. The van der Waals surface area contributed by atoms with Crippen LogP contribution in [0, 0.1) is 11.3 Å². The lowest BCUT2D eigenvalue weighted by Gasteiger charge is -2.09. The summed E-state index contributed by atoms with van der Waals surface area (Å²) in [6.07, 6.45) is 3.44. The Bertz CT molecular complexity index is 1180. The van der Waals surface area contributed by atoms with E-state index in [4.69, 9.17) is 14.7 Å². The predicted octanol–water partition coefficient (Wildman–Crippen LogP) is 3.63. The van der Waals surface area contributed by atoms with E-state index < -0.39 is 11.9 Å². The van der Waals surface area contributed by atoms with E-state index in [0.717, 1.165) is 18.4 Å². The molecule has 3 rings (SSSR count). The van der Waals surface area contributed by atoms with E-state index in [0.29, 0.717) is 58.6 Å². The molecule has 0 N–H and O–H groups in total. The number of fused-ring (bicyclic) bond motifs is 3. The molecule has 0 heterocycles. The van der Waals surface area contributed by atoms with Gasteiger partial charge in [-0.25, -0.2) is 9.59 Å². The van der Waals surface area contributed by atoms with Gasteiger partial charge in [-0.1, -0.05) is 44.2 Å². The summed E-state index contributed by atoms with van der Waals surface area (Å²) in [6, 6.07) is 13.0. The van der Waals surface area contributed by atoms with Crippen LogP contribution in [0.3, 0.4) is 0 Å². The molecule has 5 nitrogen and oxygen atoms in total. The third-order valence-electron chi connectivity index (χ3n) is 5.18. The topological polar surface area (TPSA) is 76.4 Å². The van der Waals surface area contributed by atoms with Gasteiger partial charge in [0.1, 0.15) is 0 Å². The molecular formula is C26H25NO4. The third-order valence-corrected chi connectivity index (χ3v) is 5.18. The number of benzene rings is 2. The Labute approximate surface area is 181 Å². The maximum atomic E-state index is 13.1. The molecule has 2 aromatic carbocycles. The number of hydrogen-bond donors (Lipinski definition) is 0. The zero-order valence-electron chi connectivity index (χ0n) is 17.7. The van der Waals surface area contributed by atoms with E-state index in [1.165, 1.54) is 0 Å². The highest BCUT2D eigenvalue weighted by molar-refractivity contribution is 6.22. The largest absolute Gasteiger partial charge is 0.462 e. The van der Waals surface area contributed by atoms with Gasteiger partial charge in [0, 0.05) is 22.4 Å². The van der Waals surface area contributed by atoms with Crippen molar-refractivity contribution >= 4 is 23.2 Å². The zero-order chi connectivity index (χ0) is 22.2. The van der Waals surface area contributed by atoms with Crippen LogP contribution in [-0.2, 0) is 14.3 Å². The molecule has 0 unspecified atom stereocenters. The lowest BCUT2D eigenvalue weighted by molar-refractivity contribution is -0.136.